The van der Waals surface area contributed by atoms with Crippen LogP contribution in [0.15, 0.2) is 15.9 Å². The van der Waals surface area contributed by atoms with Gasteiger partial charge in [-0.2, -0.15) is 0 Å². The number of unbranched alkanes of at least 4 members (excludes halogenated alkanes) is 1. The third-order valence-corrected chi connectivity index (χ3v) is 4.95. The molecule has 1 aliphatic rings. The van der Waals surface area contributed by atoms with E-state index in [4.69, 9.17) is 0 Å². The molecule has 9 nitrogen and oxygen atoms in total. The van der Waals surface area contributed by atoms with E-state index >= 15 is 0 Å². The molecule has 0 atom stereocenters. The molecule has 0 saturated carbocycles. The number of likely N-dealkylation sites (tertiary alicyclic amines) is 1. The van der Waals surface area contributed by atoms with Crippen molar-refractivity contribution in [1.29, 1.82) is 0 Å². The highest BCUT2D eigenvalue weighted by Crippen LogP contribution is 2.08. The van der Waals surface area contributed by atoms with Crippen LogP contribution >= 0.6 is 12.4 Å². The summed E-state index contributed by atoms with van der Waals surface area (Å²) in [6.07, 6.45) is 6.01. The SMILES string of the molecule is Cl.Cn1c(=O)c2c(ncn2CC(=O)NCCCCN2CCCC2)n(C)c1=O. The molecule has 2 aromatic rings. The van der Waals surface area contributed by atoms with Crippen molar-refractivity contribution in [3.63, 3.8) is 0 Å². The van der Waals surface area contributed by atoms with Crippen molar-refractivity contribution in [3.05, 3.63) is 27.2 Å². The van der Waals surface area contributed by atoms with Crippen LogP contribution in [0.1, 0.15) is 25.7 Å². The van der Waals surface area contributed by atoms with Crippen molar-refractivity contribution < 1.29 is 4.79 Å². The number of carbonyl (C=O) groups is 1. The summed E-state index contributed by atoms with van der Waals surface area (Å²) in [7, 11) is 2.98. The molecular weight excluding hydrogens is 372 g/mol. The Morgan fingerprint density at radius 3 is 2.56 bits per heavy atom. The summed E-state index contributed by atoms with van der Waals surface area (Å²) in [4.78, 5) is 43.0. The van der Waals surface area contributed by atoms with Gasteiger partial charge in [0.25, 0.3) is 5.56 Å². The Hall–Kier alpha value is -2.13. The molecule has 0 radical (unpaired) electrons. The molecule has 0 bridgehead atoms. The molecule has 150 valence electrons. The van der Waals surface area contributed by atoms with Crippen LogP contribution in [0, 0.1) is 0 Å². The van der Waals surface area contributed by atoms with Crippen molar-refractivity contribution in [3.8, 4) is 0 Å². The third-order valence-electron chi connectivity index (χ3n) is 4.95. The third kappa shape index (κ3) is 4.59. The van der Waals surface area contributed by atoms with Crippen LogP contribution in [-0.2, 0) is 25.4 Å². The van der Waals surface area contributed by atoms with Crippen LogP contribution in [0.2, 0.25) is 0 Å². The first-order valence-electron chi connectivity index (χ1n) is 9.09. The maximum absolute atomic E-state index is 12.3. The van der Waals surface area contributed by atoms with E-state index in [9.17, 15) is 14.4 Å². The maximum Gasteiger partial charge on any atom is 0.332 e. The highest BCUT2D eigenvalue weighted by Gasteiger charge is 2.16. The van der Waals surface area contributed by atoms with Crippen LogP contribution in [0.5, 0.6) is 0 Å². The van der Waals surface area contributed by atoms with Crippen molar-refractivity contribution >= 4 is 29.5 Å². The van der Waals surface area contributed by atoms with Gasteiger partial charge in [-0.3, -0.25) is 18.7 Å². The average Bonchev–Trinajstić information content (AvgIpc) is 3.28. The van der Waals surface area contributed by atoms with Gasteiger partial charge < -0.3 is 14.8 Å². The van der Waals surface area contributed by atoms with Crippen LogP contribution in [-0.4, -0.2) is 55.7 Å². The molecule has 0 aliphatic carbocycles. The number of imidazole rings is 1. The molecule has 1 saturated heterocycles. The number of nitrogens with zero attached hydrogens (tertiary/aromatic N) is 5. The summed E-state index contributed by atoms with van der Waals surface area (Å²) >= 11 is 0. The zero-order valence-electron chi connectivity index (χ0n) is 15.8. The summed E-state index contributed by atoms with van der Waals surface area (Å²) in [5.41, 5.74) is -0.329. The summed E-state index contributed by atoms with van der Waals surface area (Å²) in [5.74, 6) is -0.165. The highest BCUT2D eigenvalue weighted by molar-refractivity contribution is 5.85. The number of rotatable bonds is 7. The van der Waals surface area contributed by atoms with Crippen LogP contribution in [0.25, 0.3) is 11.2 Å². The lowest BCUT2D eigenvalue weighted by Crippen LogP contribution is -2.38. The van der Waals surface area contributed by atoms with Crippen molar-refractivity contribution in [2.45, 2.75) is 32.2 Å². The number of amides is 1. The predicted octanol–water partition coefficient (Wildman–Crippen LogP) is -0.152. The van der Waals surface area contributed by atoms with E-state index in [1.807, 2.05) is 0 Å². The minimum absolute atomic E-state index is 0. The number of hydrogen-bond acceptors (Lipinski definition) is 5. The number of fused-ring (bicyclic) bond motifs is 1. The molecule has 10 heteroatoms. The molecule has 1 amide bonds. The van der Waals surface area contributed by atoms with Gasteiger partial charge in [0.15, 0.2) is 11.2 Å². The van der Waals surface area contributed by atoms with E-state index in [0.29, 0.717) is 6.54 Å². The molecule has 3 rings (SSSR count). The number of carbonyl (C=O) groups excluding carboxylic acids is 1. The number of nitrogens with one attached hydrogen (secondary N) is 1. The topological polar surface area (TPSA) is 94.2 Å². The molecule has 2 aromatic heterocycles. The smallest absolute Gasteiger partial charge is 0.332 e. The molecule has 1 N–H and O–H groups in total. The van der Waals surface area contributed by atoms with Crippen LogP contribution < -0.4 is 16.6 Å². The second-order valence-electron chi connectivity index (χ2n) is 6.86. The maximum atomic E-state index is 12.3. The summed E-state index contributed by atoms with van der Waals surface area (Å²) in [6.45, 7) is 4.10. The molecule has 3 heterocycles. The largest absolute Gasteiger partial charge is 0.355 e. The standard InChI is InChI=1S/C17H26N6O3.ClH/c1-20-15-14(16(25)21(2)17(20)26)23(12-19-15)11-13(24)18-7-3-4-8-22-9-5-6-10-22;/h12H,3-11H2,1-2H3,(H,18,24);1H. The molecule has 0 unspecified atom stereocenters. The first-order chi connectivity index (χ1) is 12.5. The molecular formula is C17H27ClN6O3. The number of halogens is 1. The fourth-order valence-electron chi connectivity index (χ4n) is 3.42. The first-order valence-corrected chi connectivity index (χ1v) is 9.09. The van der Waals surface area contributed by atoms with Crippen molar-refractivity contribution in [2.24, 2.45) is 14.1 Å². The van der Waals surface area contributed by atoms with Crippen molar-refractivity contribution in [1.82, 2.24) is 28.9 Å². The summed E-state index contributed by atoms with van der Waals surface area (Å²) in [6, 6.07) is 0. The fourth-order valence-corrected chi connectivity index (χ4v) is 3.42. The van der Waals surface area contributed by atoms with E-state index < -0.39 is 11.2 Å². The van der Waals surface area contributed by atoms with Gasteiger partial charge in [-0.15, -0.1) is 12.4 Å². The lowest BCUT2D eigenvalue weighted by molar-refractivity contribution is -0.121. The Balaban J connectivity index is 0.00000261. The van der Waals surface area contributed by atoms with Gasteiger partial charge in [-0.1, -0.05) is 0 Å². The minimum Gasteiger partial charge on any atom is -0.355 e. The van der Waals surface area contributed by atoms with Crippen molar-refractivity contribution in [2.75, 3.05) is 26.2 Å². The second kappa shape index (κ2) is 9.18. The van der Waals surface area contributed by atoms with E-state index in [-0.39, 0.29) is 36.0 Å². The Kier molecular flexibility index (Phi) is 7.20. The average molecular weight is 399 g/mol. The summed E-state index contributed by atoms with van der Waals surface area (Å²) in [5, 5.41) is 2.89. The summed E-state index contributed by atoms with van der Waals surface area (Å²) < 4.78 is 3.83. The minimum atomic E-state index is -0.445. The molecule has 27 heavy (non-hydrogen) atoms. The number of aryl methyl sites for hydroxylation is 1. The fraction of sp³-hybridized carbons (Fsp3) is 0.647. The normalized spacial score (nSPS) is 14.4. The molecule has 1 aliphatic heterocycles. The van der Waals surface area contributed by atoms with Gasteiger partial charge in [-0.05, 0) is 45.3 Å². The molecule has 1 fully saturated rings. The van der Waals surface area contributed by atoms with Gasteiger partial charge in [-0.25, -0.2) is 9.78 Å². The van der Waals surface area contributed by atoms with E-state index in [0.717, 1.165) is 24.0 Å². The quantitative estimate of drug-likeness (QED) is 0.654. The Bertz CT molecular complexity index is 910. The van der Waals surface area contributed by atoms with Crippen LogP contribution in [0.3, 0.4) is 0 Å². The zero-order chi connectivity index (χ0) is 18.7. The van der Waals surface area contributed by atoms with E-state index in [2.05, 4.69) is 15.2 Å². The number of aromatic nitrogens is 4. The van der Waals surface area contributed by atoms with Gasteiger partial charge in [0, 0.05) is 20.6 Å². The van der Waals surface area contributed by atoms with Gasteiger partial charge in [0.2, 0.25) is 5.91 Å². The monoisotopic (exact) mass is 398 g/mol. The number of hydrogen-bond donors (Lipinski definition) is 1. The molecule has 0 aromatic carbocycles. The van der Waals surface area contributed by atoms with E-state index in [1.165, 1.54) is 48.4 Å². The Labute approximate surface area is 163 Å². The van der Waals surface area contributed by atoms with Gasteiger partial charge in [0.1, 0.15) is 6.54 Å². The predicted molar refractivity (Wildman–Crippen MR) is 105 cm³/mol. The zero-order valence-corrected chi connectivity index (χ0v) is 16.6. The lowest BCUT2D eigenvalue weighted by atomic mass is 10.3. The van der Waals surface area contributed by atoms with Crippen LogP contribution in [0.4, 0.5) is 0 Å². The highest BCUT2D eigenvalue weighted by atomic mass is 35.5. The molecule has 0 spiro atoms. The first kappa shape index (κ1) is 21.2. The van der Waals surface area contributed by atoms with Gasteiger partial charge >= 0.3 is 5.69 Å². The van der Waals surface area contributed by atoms with E-state index in [1.54, 1.807) is 7.05 Å². The van der Waals surface area contributed by atoms with Gasteiger partial charge in [0.05, 0.1) is 6.33 Å². The second-order valence-corrected chi connectivity index (χ2v) is 6.86. The Morgan fingerprint density at radius 2 is 1.85 bits per heavy atom. The Morgan fingerprint density at radius 1 is 1.15 bits per heavy atom. The lowest BCUT2D eigenvalue weighted by Gasteiger charge is -2.14.